The highest BCUT2D eigenvalue weighted by Gasteiger charge is 2.40. The molecule has 1 aliphatic carbocycles. The van der Waals surface area contributed by atoms with Gasteiger partial charge in [0.15, 0.2) is 5.03 Å². The molecule has 1 heterocycles. The van der Waals surface area contributed by atoms with Crippen LogP contribution in [0.5, 0.6) is 0 Å². The number of imidazole rings is 1. The third-order valence-electron chi connectivity index (χ3n) is 4.24. The van der Waals surface area contributed by atoms with Crippen LogP contribution in [0, 0.1) is 0 Å². The second-order valence-electron chi connectivity index (χ2n) is 6.49. The number of aliphatic hydroxyl groups is 1. The molecule has 1 aliphatic rings. The summed E-state index contributed by atoms with van der Waals surface area (Å²) in [5.74, 6) is 0. The second-order valence-corrected chi connectivity index (χ2v) is 8.32. The van der Waals surface area contributed by atoms with Crippen molar-refractivity contribution in [1.82, 2.24) is 13.9 Å². The molecule has 1 N–H and O–H groups in total. The molecule has 6 nitrogen and oxygen atoms in total. The topological polar surface area (TPSA) is 75.4 Å². The molecule has 0 bridgehead atoms. The Labute approximate surface area is 142 Å². The minimum Gasteiger partial charge on any atom is -0.387 e. The van der Waals surface area contributed by atoms with Gasteiger partial charge in [-0.05, 0) is 32.3 Å². The third kappa shape index (κ3) is 3.53. The van der Waals surface area contributed by atoms with E-state index in [9.17, 15) is 13.5 Å². The Kier molecular flexibility index (Phi) is 4.76. The lowest BCUT2D eigenvalue weighted by Gasteiger charge is -2.23. The van der Waals surface area contributed by atoms with Crippen LogP contribution in [0.4, 0.5) is 0 Å². The first-order valence-electron chi connectivity index (χ1n) is 8.18. The van der Waals surface area contributed by atoms with Crippen LogP contribution < -0.4 is 0 Å². The zero-order valence-corrected chi connectivity index (χ0v) is 14.7. The van der Waals surface area contributed by atoms with Gasteiger partial charge in [-0.1, -0.05) is 30.3 Å². The van der Waals surface area contributed by atoms with Crippen LogP contribution in [0.3, 0.4) is 0 Å². The highest BCUT2D eigenvalue weighted by molar-refractivity contribution is 7.89. The maximum absolute atomic E-state index is 13.0. The third-order valence-corrected chi connectivity index (χ3v) is 6.04. The van der Waals surface area contributed by atoms with Gasteiger partial charge in [-0.3, -0.25) is 0 Å². The Morgan fingerprint density at radius 2 is 1.96 bits per heavy atom. The summed E-state index contributed by atoms with van der Waals surface area (Å²) >= 11 is 0. The summed E-state index contributed by atoms with van der Waals surface area (Å²) in [6, 6.07) is 9.23. The summed E-state index contributed by atoms with van der Waals surface area (Å²) in [6.07, 6.45) is 3.89. The molecule has 0 spiro atoms. The van der Waals surface area contributed by atoms with E-state index in [0.717, 1.165) is 12.8 Å². The zero-order valence-electron chi connectivity index (χ0n) is 13.9. The van der Waals surface area contributed by atoms with Gasteiger partial charge in [-0.2, -0.15) is 4.31 Å². The average molecular weight is 349 g/mol. The smallest absolute Gasteiger partial charge is 0.262 e. The molecule has 7 heteroatoms. The monoisotopic (exact) mass is 349 g/mol. The number of rotatable bonds is 7. The van der Waals surface area contributed by atoms with E-state index in [1.807, 2.05) is 32.0 Å². The van der Waals surface area contributed by atoms with Crippen LogP contribution in [0.1, 0.15) is 44.4 Å². The molecule has 0 radical (unpaired) electrons. The van der Waals surface area contributed by atoms with Crippen molar-refractivity contribution in [3.63, 3.8) is 0 Å². The Morgan fingerprint density at radius 1 is 1.29 bits per heavy atom. The Balaban J connectivity index is 1.84. The minimum atomic E-state index is -3.71. The summed E-state index contributed by atoms with van der Waals surface area (Å²) in [4.78, 5) is 4.07. The molecule has 1 atom stereocenters. The molecule has 130 valence electrons. The maximum atomic E-state index is 13.0. The van der Waals surface area contributed by atoms with Crippen LogP contribution in [-0.4, -0.2) is 40.0 Å². The van der Waals surface area contributed by atoms with Gasteiger partial charge in [0.1, 0.15) is 0 Å². The number of hydrogen-bond acceptors (Lipinski definition) is 4. The molecule has 1 saturated carbocycles. The van der Waals surface area contributed by atoms with Crippen molar-refractivity contribution in [3.05, 3.63) is 48.4 Å². The van der Waals surface area contributed by atoms with Crippen molar-refractivity contribution in [2.75, 3.05) is 6.54 Å². The van der Waals surface area contributed by atoms with Crippen molar-refractivity contribution in [1.29, 1.82) is 0 Å². The molecule has 0 amide bonds. The van der Waals surface area contributed by atoms with Crippen LogP contribution in [0.25, 0.3) is 0 Å². The Hall–Kier alpha value is -1.70. The summed E-state index contributed by atoms with van der Waals surface area (Å²) in [5, 5.41) is 10.5. The van der Waals surface area contributed by atoms with Crippen molar-refractivity contribution >= 4 is 10.0 Å². The van der Waals surface area contributed by atoms with Gasteiger partial charge in [0, 0.05) is 24.8 Å². The number of aliphatic hydroxyl groups excluding tert-OH is 1. The number of sulfonamides is 1. The molecule has 3 rings (SSSR count). The second kappa shape index (κ2) is 6.66. The average Bonchev–Trinajstić information content (AvgIpc) is 3.26. The van der Waals surface area contributed by atoms with Gasteiger partial charge >= 0.3 is 0 Å². The van der Waals surface area contributed by atoms with Crippen LogP contribution >= 0.6 is 0 Å². The van der Waals surface area contributed by atoms with E-state index in [4.69, 9.17) is 0 Å². The summed E-state index contributed by atoms with van der Waals surface area (Å²) in [5.41, 5.74) is 0.714. The number of hydrogen-bond donors (Lipinski definition) is 1. The van der Waals surface area contributed by atoms with E-state index in [1.165, 1.54) is 10.6 Å². The van der Waals surface area contributed by atoms with E-state index in [-0.39, 0.29) is 23.7 Å². The first kappa shape index (κ1) is 17.1. The Bertz CT molecular complexity index is 782. The number of benzene rings is 1. The van der Waals surface area contributed by atoms with Crippen molar-refractivity contribution in [2.45, 2.75) is 49.9 Å². The van der Waals surface area contributed by atoms with Crippen molar-refractivity contribution < 1.29 is 13.5 Å². The number of nitrogens with zero attached hydrogens (tertiary/aromatic N) is 3. The summed E-state index contributed by atoms with van der Waals surface area (Å²) < 4.78 is 29.1. The molecular formula is C17H23N3O3S. The lowest BCUT2D eigenvalue weighted by Crippen LogP contribution is -2.36. The van der Waals surface area contributed by atoms with Crippen LogP contribution in [0.15, 0.2) is 47.9 Å². The molecule has 0 aliphatic heterocycles. The van der Waals surface area contributed by atoms with Crippen LogP contribution in [-0.2, 0) is 10.0 Å². The highest BCUT2D eigenvalue weighted by Crippen LogP contribution is 2.33. The van der Waals surface area contributed by atoms with Gasteiger partial charge < -0.3 is 9.67 Å². The van der Waals surface area contributed by atoms with Gasteiger partial charge in [-0.15, -0.1) is 0 Å². The number of aromatic nitrogens is 2. The molecule has 1 aromatic carbocycles. The molecule has 1 unspecified atom stereocenters. The SMILES string of the molecule is CC(C)n1cnc(S(=O)(=O)N(CC(O)c2ccccc2)C2CC2)c1. The molecule has 0 saturated heterocycles. The van der Waals surface area contributed by atoms with E-state index in [1.54, 1.807) is 22.9 Å². The molecule has 2 aromatic rings. The predicted octanol–water partition coefficient (Wildman–Crippen LogP) is 2.35. The largest absolute Gasteiger partial charge is 0.387 e. The molecule has 1 aromatic heterocycles. The maximum Gasteiger partial charge on any atom is 0.262 e. The van der Waals surface area contributed by atoms with Crippen LogP contribution in [0.2, 0.25) is 0 Å². The Morgan fingerprint density at radius 3 is 2.50 bits per heavy atom. The van der Waals surface area contributed by atoms with Gasteiger partial charge in [0.05, 0.1) is 12.4 Å². The first-order valence-corrected chi connectivity index (χ1v) is 9.62. The molecule has 1 fully saturated rings. The fourth-order valence-electron chi connectivity index (χ4n) is 2.61. The first-order chi connectivity index (χ1) is 11.4. The predicted molar refractivity (Wildman–Crippen MR) is 90.9 cm³/mol. The summed E-state index contributed by atoms with van der Waals surface area (Å²) in [6.45, 7) is 3.98. The minimum absolute atomic E-state index is 0.0439. The lowest BCUT2D eigenvalue weighted by molar-refractivity contribution is 0.145. The van der Waals surface area contributed by atoms with Gasteiger partial charge in [0.2, 0.25) is 0 Å². The van der Waals surface area contributed by atoms with Gasteiger partial charge in [-0.25, -0.2) is 13.4 Å². The zero-order chi connectivity index (χ0) is 17.3. The van der Waals surface area contributed by atoms with E-state index in [2.05, 4.69) is 4.98 Å². The standard InChI is InChI=1S/C17H23N3O3S/c1-13(2)19-11-17(18-12-19)24(22,23)20(15-8-9-15)10-16(21)14-6-4-3-5-7-14/h3-7,11-13,15-16,21H,8-10H2,1-2H3. The van der Waals surface area contributed by atoms with E-state index < -0.39 is 16.1 Å². The highest BCUT2D eigenvalue weighted by atomic mass is 32.2. The fraction of sp³-hybridized carbons (Fsp3) is 0.471. The lowest BCUT2D eigenvalue weighted by atomic mass is 10.1. The quantitative estimate of drug-likeness (QED) is 0.832. The normalized spacial score (nSPS) is 16.7. The summed E-state index contributed by atoms with van der Waals surface area (Å²) in [7, 11) is -3.71. The molecular weight excluding hydrogens is 326 g/mol. The van der Waals surface area contributed by atoms with Crippen molar-refractivity contribution in [3.8, 4) is 0 Å². The van der Waals surface area contributed by atoms with E-state index >= 15 is 0 Å². The van der Waals surface area contributed by atoms with E-state index in [0.29, 0.717) is 5.56 Å². The van der Waals surface area contributed by atoms with Crippen molar-refractivity contribution in [2.24, 2.45) is 0 Å². The fourth-order valence-corrected chi connectivity index (χ4v) is 4.23. The molecule has 24 heavy (non-hydrogen) atoms. The van der Waals surface area contributed by atoms with Gasteiger partial charge in [0.25, 0.3) is 10.0 Å².